The maximum atomic E-state index is 12.2. The molecule has 0 bridgehead atoms. The fourth-order valence-electron chi connectivity index (χ4n) is 1.67. The number of nitrogens with zero attached hydrogens (tertiary/aromatic N) is 1. The van der Waals surface area contributed by atoms with E-state index in [2.05, 4.69) is 9.93 Å². The number of hydrogen-bond acceptors (Lipinski definition) is 5. The van der Waals surface area contributed by atoms with Gasteiger partial charge >= 0.3 is 0 Å². The zero-order chi connectivity index (χ0) is 15.3. The van der Waals surface area contributed by atoms with Gasteiger partial charge in [-0.3, -0.25) is 0 Å². The molecule has 0 unspecified atom stereocenters. The molecular weight excluding hydrogens is 308 g/mol. The second-order valence-electron chi connectivity index (χ2n) is 4.16. The Kier molecular flexibility index (Phi) is 4.98. The average molecular weight is 324 g/mol. The topological polar surface area (TPSA) is 67.8 Å². The van der Waals surface area contributed by atoms with E-state index in [9.17, 15) is 8.42 Å². The molecule has 1 aromatic carbocycles. The summed E-state index contributed by atoms with van der Waals surface area (Å²) in [5, 5.41) is 5.96. The van der Waals surface area contributed by atoms with Crippen molar-refractivity contribution in [3.63, 3.8) is 0 Å². The molecule has 0 fully saturated rings. The van der Waals surface area contributed by atoms with Crippen LogP contribution in [-0.2, 0) is 10.0 Å². The molecule has 21 heavy (non-hydrogen) atoms. The van der Waals surface area contributed by atoms with Gasteiger partial charge in [-0.1, -0.05) is 13.0 Å². The number of sulfonamides is 1. The first kappa shape index (κ1) is 15.5. The van der Waals surface area contributed by atoms with Gasteiger partial charge in [0.1, 0.15) is 5.75 Å². The molecule has 5 nitrogen and oxygen atoms in total. The third kappa shape index (κ3) is 3.83. The number of ether oxygens (including phenoxy) is 1. The Balaban J connectivity index is 2.20. The van der Waals surface area contributed by atoms with Crippen LogP contribution in [0.5, 0.6) is 5.75 Å². The Morgan fingerprint density at radius 1 is 1.29 bits per heavy atom. The lowest BCUT2D eigenvalue weighted by Crippen LogP contribution is -2.20. The number of hydrazone groups is 1. The van der Waals surface area contributed by atoms with E-state index in [1.165, 1.54) is 30.6 Å². The molecule has 0 spiro atoms. The van der Waals surface area contributed by atoms with Gasteiger partial charge in [-0.2, -0.15) is 18.4 Å². The van der Waals surface area contributed by atoms with Crippen LogP contribution in [0.1, 0.15) is 18.2 Å². The van der Waals surface area contributed by atoms with Crippen molar-refractivity contribution in [2.45, 2.75) is 18.2 Å². The number of rotatable bonds is 6. The van der Waals surface area contributed by atoms with Crippen LogP contribution < -0.4 is 9.57 Å². The molecule has 0 aliphatic rings. The molecule has 112 valence electrons. The van der Waals surface area contributed by atoms with Crippen molar-refractivity contribution in [2.24, 2.45) is 5.10 Å². The first-order valence-electron chi connectivity index (χ1n) is 6.33. The van der Waals surface area contributed by atoms with Crippen LogP contribution >= 0.6 is 11.3 Å². The maximum absolute atomic E-state index is 12.2. The van der Waals surface area contributed by atoms with E-state index >= 15 is 0 Å². The smallest absolute Gasteiger partial charge is 0.276 e. The van der Waals surface area contributed by atoms with E-state index in [4.69, 9.17) is 4.74 Å². The minimum Gasteiger partial charge on any atom is -0.497 e. The van der Waals surface area contributed by atoms with Crippen molar-refractivity contribution in [3.8, 4) is 5.75 Å². The second kappa shape index (κ2) is 6.73. The van der Waals surface area contributed by atoms with Gasteiger partial charge in [0, 0.05) is 0 Å². The predicted octanol–water partition coefficient (Wildman–Crippen LogP) is 2.85. The van der Waals surface area contributed by atoms with E-state index in [0.29, 0.717) is 17.9 Å². The molecule has 0 saturated carbocycles. The molecule has 2 aromatic rings. The summed E-state index contributed by atoms with van der Waals surface area (Å²) in [6.07, 6.45) is 0.644. The van der Waals surface area contributed by atoms with Crippen LogP contribution in [0, 0.1) is 0 Å². The minimum absolute atomic E-state index is 0.147. The standard InChI is InChI=1S/C14H16N2O3S2/c1-3-13(14-5-4-10-20-14)15-16-21(17,18)12-8-6-11(19-2)7-9-12/h4-10,16H,3H2,1-2H3. The summed E-state index contributed by atoms with van der Waals surface area (Å²) in [6.45, 7) is 1.93. The zero-order valence-corrected chi connectivity index (χ0v) is 13.4. The van der Waals surface area contributed by atoms with Crippen molar-refractivity contribution in [1.82, 2.24) is 4.83 Å². The van der Waals surface area contributed by atoms with E-state index in [-0.39, 0.29) is 4.90 Å². The number of hydrogen-bond donors (Lipinski definition) is 1. The van der Waals surface area contributed by atoms with Crippen LogP contribution in [-0.4, -0.2) is 21.2 Å². The molecular formula is C14H16N2O3S2. The van der Waals surface area contributed by atoms with Crippen LogP contribution in [0.4, 0.5) is 0 Å². The summed E-state index contributed by atoms with van der Waals surface area (Å²) in [5.41, 5.74) is 0.710. The van der Waals surface area contributed by atoms with Gasteiger partial charge in [-0.05, 0) is 42.1 Å². The highest BCUT2D eigenvalue weighted by molar-refractivity contribution is 7.89. The third-order valence-electron chi connectivity index (χ3n) is 2.81. The summed E-state index contributed by atoms with van der Waals surface area (Å²) in [5.74, 6) is 0.602. The van der Waals surface area contributed by atoms with Crippen LogP contribution in [0.2, 0.25) is 0 Å². The fourth-order valence-corrected chi connectivity index (χ4v) is 3.29. The molecule has 7 heteroatoms. The highest BCUT2D eigenvalue weighted by Crippen LogP contribution is 2.16. The number of thiophene rings is 1. The Morgan fingerprint density at radius 3 is 2.52 bits per heavy atom. The number of nitrogens with one attached hydrogen (secondary N) is 1. The van der Waals surface area contributed by atoms with E-state index in [0.717, 1.165) is 4.88 Å². The molecule has 0 aliphatic heterocycles. The second-order valence-corrected chi connectivity index (χ2v) is 6.77. The zero-order valence-electron chi connectivity index (χ0n) is 11.7. The van der Waals surface area contributed by atoms with Crippen LogP contribution in [0.15, 0.2) is 51.8 Å². The van der Waals surface area contributed by atoms with Gasteiger partial charge in [0.15, 0.2) is 0 Å². The van der Waals surface area contributed by atoms with E-state index in [1.807, 2.05) is 24.4 Å². The molecule has 1 aromatic heterocycles. The molecule has 0 atom stereocenters. The third-order valence-corrected chi connectivity index (χ3v) is 4.95. The summed E-state index contributed by atoms with van der Waals surface area (Å²) in [6, 6.07) is 9.97. The predicted molar refractivity (Wildman–Crippen MR) is 84.5 cm³/mol. The Labute approximate surface area is 128 Å². The Bertz CT molecular complexity index is 705. The Hall–Kier alpha value is -1.86. The fraction of sp³-hybridized carbons (Fsp3) is 0.214. The normalized spacial score (nSPS) is 12.2. The van der Waals surface area contributed by atoms with E-state index in [1.54, 1.807) is 12.1 Å². The average Bonchev–Trinajstić information content (AvgIpc) is 3.02. The highest BCUT2D eigenvalue weighted by atomic mass is 32.2. The molecule has 0 saturated heterocycles. The lowest BCUT2D eigenvalue weighted by atomic mass is 10.2. The van der Waals surface area contributed by atoms with Crippen molar-refractivity contribution >= 4 is 27.1 Å². The van der Waals surface area contributed by atoms with Gasteiger partial charge in [0.05, 0.1) is 22.6 Å². The molecule has 1 N–H and O–H groups in total. The van der Waals surface area contributed by atoms with Gasteiger partial charge in [0.2, 0.25) is 0 Å². The molecule has 0 radical (unpaired) electrons. The van der Waals surface area contributed by atoms with Gasteiger partial charge < -0.3 is 4.74 Å². The summed E-state index contributed by atoms with van der Waals surface area (Å²) in [4.78, 5) is 3.38. The number of methoxy groups -OCH3 is 1. The first-order chi connectivity index (χ1) is 10.1. The van der Waals surface area contributed by atoms with Gasteiger partial charge in [-0.15, -0.1) is 11.3 Å². The lowest BCUT2D eigenvalue weighted by Gasteiger charge is -2.06. The van der Waals surface area contributed by atoms with Crippen LogP contribution in [0.25, 0.3) is 0 Å². The monoisotopic (exact) mass is 324 g/mol. The lowest BCUT2D eigenvalue weighted by molar-refractivity contribution is 0.414. The molecule has 0 aliphatic carbocycles. The summed E-state index contributed by atoms with van der Waals surface area (Å²) >= 11 is 1.52. The quantitative estimate of drug-likeness (QED) is 0.656. The Morgan fingerprint density at radius 2 is 2.00 bits per heavy atom. The molecule has 2 rings (SSSR count). The molecule has 1 heterocycles. The van der Waals surface area contributed by atoms with Crippen molar-refractivity contribution in [2.75, 3.05) is 7.11 Å². The van der Waals surface area contributed by atoms with E-state index < -0.39 is 10.0 Å². The maximum Gasteiger partial charge on any atom is 0.276 e. The molecule has 0 amide bonds. The van der Waals surface area contributed by atoms with Crippen molar-refractivity contribution in [1.29, 1.82) is 0 Å². The SMILES string of the molecule is CCC(=NNS(=O)(=O)c1ccc(OC)cc1)c1cccs1. The van der Waals surface area contributed by atoms with Crippen molar-refractivity contribution in [3.05, 3.63) is 46.7 Å². The first-order valence-corrected chi connectivity index (χ1v) is 8.69. The number of benzene rings is 1. The summed E-state index contributed by atoms with van der Waals surface area (Å²) < 4.78 is 29.3. The highest BCUT2D eigenvalue weighted by Gasteiger charge is 2.13. The minimum atomic E-state index is -3.67. The summed E-state index contributed by atoms with van der Waals surface area (Å²) in [7, 11) is -2.14. The van der Waals surface area contributed by atoms with Crippen LogP contribution in [0.3, 0.4) is 0 Å². The largest absolute Gasteiger partial charge is 0.497 e. The van der Waals surface area contributed by atoms with Gasteiger partial charge in [0.25, 0.3) is 10.0 Å². The van der Waals surface area contributed by atoms with Gasteiger partial charge in [-0.25, -0.2) is 0 Å². The van der Waals surface area contributed by atoms with Crippen molar-refractivity contribution < 1.29 is 13.2 Å².